The summed E-state index contributed by atoms with van der Waals surface area (Å²) in [5, 5.41) is 13.2. The van der Waals surface area contributed by atoms with Crippen molar-refractivity contribution in [2.45, 2.75) is 19.2 Å². The van der Waals surface area contributed by atoms with E-state index in [1.165, 1.54) is 18.2 Å². The topological polar surface area (TPSA) is 118 Å². The second kappa shape index (κ2) is 5.51. The first kappa shape index (κ1) is 14.4. The van der Waals surface area contributed by atoms with Crippen LogP contribution in [0.25, 0.3) is 0 Å². The van der Waals surface area contributed by atoms with E-state index in [1.807, 2.05) is 0 Å². The number of sulfonamides is 1. The van der Waals surface area contributed by atoms with Gasteiger partial charge in [-0.2, -0.15) is 0 Å². The first-order chi connectivity index (χ1) is 9.35. The SMILES string of the molecule is Cc1cc(CS(=O)(=O)NCc2cc(N)ccc2O)no1. The third-order valence-corrected chi connectivity index (χ3v) is 3.86. The Labute approximate surface area is 116 Å². The molecular formula is C12H15N3O4S. The van der Waals surface area contributed by atoms with Crippen molar-refractivity contribution < 1.29 is 18.0 Å². The van der Waals surface area contributed by atoms with Crippen LogP contribution in [-0.2, 0) is 22.3 Å². The molecule has 2 rings (SSSR count). The molecule has 0 aliphatic carbocycles. The lowest BCUT2D eigenvalue weighted by Gasteiger charge is -2.07. The molecule has 4 N–H and O–H groups in total. The van der Waals surface area contributed by atoms with Crippen molar-refractivity contribution in [1.29, 1.82) is 0 Å². The zero-order valence-electron chi connectivity index (χ0n) is 10.8. The van der Waals surface area contributed by atoms with Gasteiger partial charge in [0.1, 0.15) is 23.0 Å². The predicted octanol–water partition coefficient (Wildman–Crippen LogP) is 0.890. The van der Waals surface area contributed by atoms with Gasteiger partial charge in [-0.3, -0.25) is 0 Å². The monoisotopic (exact) mass is 297 g/mol. The van der Waals surface area contributed by atoms with Crippen LogP contribution in [0.5, 0.6) is 5.75 Å². The number of nitrogens with two attached hydrogens (primary N) is 1. The normalized spacial score (nSPS) is 11.7. The van der Waals surface area contributed by atoms with Crippen molar-refractivity contribution in [2.24, 2.45) is 0 Å². The molecule has 0 radical (unpaired) electrons. The summed E-state index contributed by atoms with van der Waals surface area (Å²) in [6.45, 7) is 1.64. The number of aromatic hydroxyl groups is 1. The van der Waals surface area contributed by atoms with Gasteiger partial charge in [0.2, 0.25) is 10.0 Å². The van der Waals surface area contributed by atoms with Crippen molar-refractivity contribution in [3.63, 3.8) is 0 Å². The van der Waals surface area contributed by atoms with Crippen LogP contribution in [0.3, 0.4) is 0 Å². The number of phenols is 1. The quantitative estimate of drug-likeness (QED) is 0.557. The van der Waals surface area contributed by atoms with Gasteiger partial charge < -0.3 is 15.4 Å². The largest absolute Gasteiger partial charge is 0.508 e. The number of rotatable bonds is 5. The molecule has 0 amide bonds. The van der Waals surface area contributed by atoms with E-state index in [9.17, 15) is 13.5 Å². The molecule has 0 atom stereocenters. The van der Waals surface area contributed by atoms with Crippen molar-refractivity contribution in [2.75, 3.05) is 5.73 Å². The van der Waals surface area contributed by atoms with E-state index in [2.05, 4.69) is 9.88 Å². The third-order valence-electron chi connectivity index (χ3n) is 2.60. The standard InChI is InChI=1S/C12H15N3O4S/c1-8-4-11(15-19-8)7-20(17,18)14-6-9-5-10(13)2-3-12(9)16/h2-5,14,16H,6-7,13H2,1H3. The molecule has 108 valence electrons. The lowest BCUT2D eigenvalue weighted by molar-refractivity contribution is 0.392. The molecule has 1 aromatic carbocycles. The van der Waals surface area contributed by atoms with Gasteiger partial charge in [-0.15, -0.1) is 0 Å². The van der Waals surface area contributed by atoms with Gasteiger partial charge in [0, 0.05) is 23.9 Å². The number of nitrogen functional groups attached to an aromatic ring is 1. The first-order valence-electron chi connectivity index (χ1n) is 5.82. The van der Waals surface area contributed by atoms with Crippen LogP contribution in [0.4, 0.5) is 5.69 Å². The zero-order chi connectivity index (χ0) is 14.8. The van der Waals surface area contributed by atoms with Gasteiger partial charge in [0.15, 0.2) is 0 Å². The minimum Gasteiger partial charge on any atom is -0.508 e. The minimum atomic E-state index is -3.57. The van der Waals surface area contributed by atoms with E-state index >= 15 is 0 Å². The van der Waals surface area contributed by atoms with Crippen LogP contribution < -0.4 is 10.5 Å². The van der Waals surface area contributed by atoms with Gasteiger partial charge in [0.25, 0.3) is 0 Å². The Morgan fingerprint density at radius 2 is 2.15 bits per heavy atom. The molecule has 0 aliphatic heterocycles. The van der Waals surface area contributed by atoms with Gasteiger partial charge in [-0.05, 0) is 25.1 Å². The Hall–Kier alpha value is -2.06. The number of nitrogens with zero attached hydrogens (tertiary/aromatic N) is 1. The van der Waals surface area contributed by atoms with Gasteiger partial charge in [0.05, 0.1) is 0 Å². The number of phenolic OH excluding ortho intramolecular Hbond substituents is 1. The smallest absolute Gasteiger partial charge is 0.217 e. The number of hydrogen-bond donors (Lipinski definition) is 3. The Balaban J connectivity index is 2.03. The average molecular weight is 297 g/mol. The Kier molecular flexibility index (Phi) is 3.96. The maximum absolute atomic E-state index is 11.9. The maximum atomic E-state index is 11.9. The highest BCUT2D eigenvalue weighted by molar-refractivity contribution is 7.88. The summed E-state index contributed by atoms with van der Waals surface area (Å²) in [6.07, 6.45) is 0. The maximum Gasteiger partial charge on any atom is 0.217 e. The molecule has 1 heterocycles. The van der Waals surface area contributed by atoms with E-state index < -0.39 is 10.0 Å². The van der Waals surface area contributed by atoms with Crippen LogP contribution >= 0.6 is 0 Å². The second-order valence-electron chi connectivity index (χ2n) is 4.40. The Morgan fingerprint density at radius 3 is 2.80 bits per heavy atom. The Bertz CT molecular complexity index is 709. The van der Waals surface area contributed by atoms with E-state index in [-0.39, 0.29) is 18.0 Å². The fraction of sp³-hybridized carbons (Fsp3) is 0.250. The molecule has 0 saturated carbocycles. The van der Waals surface area contributed by atoms with E-state index in [4.69, 9.17) is 10.3 Å². The number of aromatic nitrogens is 1. The Morgan fingerprint density at radius 1 is 1.40 bits per heavy atom. The van der Waals surface area contributed by atoms with Gasteiger partial charge in [-0.25, -0.2) is 13.1 Å². The van der Waals surface area contributed by atoms with Crippen LogP contribution in [-0.4, -0.2) is 18.7 Å². The van der Waals surface area contributed by atoms with E-state index in [0.29, 0.717) is 22.7 Å². The highest BCUT2D eigenvalue weighted by Crippen LogP contribution is 2.19. The highest BCUT2D eigenvalue weighted by atomic mass is 32.2. The summed E-state index contributed by atoms with van der Waals surface area (Å²) in [5.74, 6) is 0.246. The zero-order valence-corrected chi connectivity index (χ0v) is 11.6. The molecule has 0 spiro atoms. The van der Waals surface area contributed by atoms with E-state index in [1.54, 1.807) is 13.0 Å². The summed E-state index contributed by atoms with van der Waals surface area (Å²) in [6, 6.07) is 6.01. The molecule has 2 aromatic rings. The molecule has 0 fully saturated rings. The summed E-state index contributed by atoms with van der Waals surface area (Å²) >= 11 is 0. The summed E-state index contributed by atoms with van der Waals surface area (Å²) in [5.41, 5.74) is 6.76. The van der Waals surface area contributed by atoms with Gasteiger partial charge >= 0.3 is 0 Å². The van der Waals surface area contributed by atoms with Crippen molar-refractivity contribution >= 4 is 15.7 Å². The molecule has 1 aromatic heterocycles. The minimum absolute atomic E-state index is 0.0146. The second-order valence-corrected chi connectivity index (χ2v) is 6.20. The third kappa shape index (κ3) is 3.72. The van der Waals surface area contributed by atoms with Crippen LogP contribution in [0.1, 0.15) is 17.0 Å². The molecule has 8 heteroatoms. The lowest BCUT2D eigenvalue weighted by atomic mass is 10.2. The number of nitrogens with one attached hydrogen (secondary N) is 1. The molecule has 0 bridgehead atoms. The van der Waals surface area contributed by atoms with Crippen molar-refractivity contribution in [3.05, 3.63) is 41.3 Å². The summed E-state index contributed by atoms with van der Waals surface area (Å²) in [7, 11) is -3.57. The number of benzene rings is 1. The molecule has 0 aliphatic rings. The van der Waals surface area contributed by atoms with Gasteiger partial charge in [-0.1, -0.05) is 5.16 Å². The number of aryl methyl sites for hydroxylation is 1. The molecule has 0 unspecified atom stereocenters. The molecular weight excluding hydrogens is 282 g/mol. The first-order valence-corrected chi connectivity index (χ1v) is 7.48. The van der Waals surface area contributed by atoms with E-state index in [0.717, 1.165) is 0 Å². The fourth-order valence-electron chi connectivity index (χ4n) is 1.67. The van der Waals surface area contributed by atoms with Crippen LogP contribution in [0.2, 0.25) is 0 Å². The molecule has 20 heavy (non-hydrogen) atoms. The average Bonchev–Trinajstić information content (AvgIpc) is 2.75. The van der Waals surface area contributed by atoms with Crippen molar-refractivity contribution in [1.82, 2.24) is 9.88 Å². The lowest BCUT2D eigenvalue weighted by Crippen LogP contribution is -2.24. The number of anilines is 1. The summed E-state index contributed by atoms with van der Waals surface area (Å²) in [4.78, 5) is 0. The fourth-order valence-corrected chi connectivity index (χ4v) is 2.67. The predicted molar refractivity (Wildman–Crippen MR) is 73.2 cm³/mol. The summed E-state index contributed by atoms with van der Waals surface area (Å²) < 4.78 is 30.9. The molecule has 7 nitrogen and oxygen atoms in total. The van der Waals surface area contributed by atoms with Crippen molar-refractivity contribution in [3.8, 4) is 5.75 Å². The highest BCUT2D eigenvalue weighted by Gasteiger charge is 2.15. The molecule has 0 saturated heterocycles. The number of hydrogen-bond acceptors (Lipinski definition) is 6. The van der Waals surface area contributed by atoms with Crippen LogP contribution in [0, 0.1) is 6.92 Å². The van der Waals surface area contributed by atoms with Crippen LogP contribution in [0.15, 0.2) is 28.8 Å².